The van der Waals surface area contributed by atoms with Gasteiger partial charge in [-0.25, -0.2) is 13.2 Å². The van der Waals surface area contributed by atoms with Crippen molar-refractivity contribution in [2.75, 3.05) is 0 Å². The highest BCUT2D eigenvalue weighted by atomic mass is 19.3. The highest BCUT2D eigenvalue weighted by Gasteiger charge is 2.30. The lowest BCUT2D eigenvalue weighted by Gasteiger charge is -2.23. The summed E-state index contributed by atoms with van der Waals surface area (Å²) < 4.78 is 37.3. The number of rotatable bonds is 3. The minimum atomic E-state index is -2.59. The van der Waals surface area contributed by atoms with Crippen LogP contribution in [0.4, 0.5) is 13.2 Å². The van der Waals surface area contributed by atoms with Gasteiger partial charge in [0.25, 0.3) is 6.43 Å². The fourth-order valence-corrected chi connectivity index (χ4v) is 1.12. The molecule has 4 heteroatoms. The van der Waals surface area contributed by atoms with E-state index in [4.69, 9.17) is 5.73 Å². The van der Waals surface area contributed by atoms with Gasteiger partial charge in [-0.2, -0.15) is 0 Å². The number of hydrogen-bond acceptors (Lipinski definition) is 1. The molecule has 1 aromatic carbocycles. The molecule has 78 valence electrons. The van der Waals surface area contributed by atoms with E-state index < -0.39 is 12.0 Å². The lowest BCUT2D eigenvalue weighted by Crippen LogP contribution is -2.45. The van der Waals surface area contributed by atoms with Crippen LogP contribution in [-0.2, 0) is 6.42 Å². The van der Waals surface area contributed by atoms with E-state index in [-0.39, 0.29) is 12.2 Å². The molecule has 1 nitrogen and oxygen atoms in total. The van der Waals surface area contributed by atoms with Gasteiger partial charge in [0.05, 0.1) is 5.54 Å². The Bertz CT molecular complexity index is 293. The van der Waals surface area contributed by atoms with Crippen LogP contribution in [0.15, 0.2) is 24.3 Å². The molecular weight excluding hydrogens is 191 g/mol. The van der Waals surface area contributed by atoms with Gasteiger partial charge in [-0.15, -0.1) is 0 Å². The van der Waals surface area contributed by atoms with Crippen molar-refractivity contribution in [3.8, 4) is 0 Å². The molecule has 1 atom stereocenters. The zero-order chi connectivity index (χ0) is 10.8. The van der Waals surface area contributed by atoms with Gasteiger partial charge in [0.15, 0.2) is 0 Å². The van der Waals surface area contributed by atoms with Crippen molar-refractivity contribution in [2.24, 2.45) is 5.73 Å². The molecule has 0 saturated heterocycles. The van der Waals surface area contributed by atoms with Crippen molar-refractivity contribution in [3.05, 3.63) is 35.6 Å². The Hall–Kier alpha value is -1.03. The van der Waals surface area contributed by atoms with E-state index >= 15 is 0 Å². The smallest absolute Gasteiger partial charge is 0.256 e. The summed E-state index contributed by atoms with van der Waals surface area (Å²) in [7, 11) is 0. The molecule has 0 amide bonds. The number of hydrogen-bond donors (Lipinski definition) is 1. The van der Waals surface area contributed by atoms with Crippen molar-refractivity contribution in [1.82, 2.24) is 0 Å². The molecule has 1 unspecified atom stereocenters. The van der Waals surface area contributed by atoms with Crippen LogP contribution in [0, 0.1) is 5.82 Å². The summed E-state index contributed by atoms with van der Waals surface area (Å²) in [6.45, 7) is 1.28. The molecule has 2 N–H and O–H groups in total. The van der Waals surface area contributed by atoms with Crippen molar-refractivity contribution in [2.45, 2.75) is 25.3 Å². The van der Waals surface area contributed by atoms with E-state index in [2.05, 4.69) is 0 Å². The third kappa shape index (κ3) is 2.73. The number of nitrogens with two attached hydrogens (primary N) is 1. The molecule has 0 bridgehead atoms. The summed E-state index contributed by atoms with van der Waals surface area (Å²) >= 11 is 0. The van der Waals surface area contributed by atoms with Gasteiger partial charge in [0.2, 0.25) is 0 Å². The van der Waals surface area contributed by atoms with E-state index in [1.165, 1.54) is 31.2 Å². The van der Waals surface area contributed by atoms with Crippen LogP contribution in [0.3, 0.4) is 0 Å². The van der Waals surface area contributed by atoms with Gasteiger partial charge in [-0.1, -0.05) is 12.1 Å². The molecule has 0 aliphatic carbocycles. The van der Waals surface area contributed by atoms with Gasteiger partial charge in [0.1, 0.15) is 5.82 Å². The average Bonchev–Trinajstić information content (AvgIpc) is 2.08. The van der Waals surface area contributed by atoms with Crippen molar-refractivity contribution < 1.29 is 13.2 Å². The van der Waals surface area contributed by atoms with E-state index in [9.17, 15) is 13.2 Å². The minimum Gasteiger partial charge on any atom is -0.320 e. The molecule has 0 fully saturated rings. The Labute approximate surface area is 80.7 Å². The van der Waals surface area contributed by atoms with E-state index in [0.29, 0.717) is 5.56 Å². The fourth-order valence-electron chi connectivity index (χ4n) is 1.12. The van der Waals surface area contributed by atoms with Crippen molar-refractivity contribution in [1.29, 1.82) is 0 Å². The fraction of sp³-hybridized carbons (Fsp3) is 0.400. The monoisotopic (exact) mass is 203 g/mol. The lowest BCUT2D eigenvalue weighted by atomic mass is 9.94. The summed E-state index contributed by atoms with van der Waals surface area (Å²) in [6.07, 6.45) is -2.56. The van der Waals surface area contributed by atoms with Crippen LogP contribution < -0.4 is 5.73 Å². The van der Waals surface area contributed by atoms with Crippen LogP contribution >= 0.6 is 0 Å². The van der Waals surface area contributed by atoms with Gasteiger partial charge < -0.3 is 5.73 Å². The molecule has 14 heavy (non-hydrogen) atoms. The molecule has 0 aliphatic heterocycles. The maximum Gasteiger partial charge on any atom is 0.256 e. The second kappa shape index (κ2) is 4.00. The molecule has 0 aliphatic rings. The number of benzene rings is 1. The first-order valence-electron chi connectivity index (χ1n) is 4.23. The van der Waals surface area contributed by atoms with Crippen molar-refractivity contribution >= 4 is 0 Å². The molecular formula is C10H12F3N. The zero-order valence-corrected chi connectivity index (χ0v) is 7.81. The summed E-state index contributed by atoms with van der Waals surface area (Å²) in [4.78, 5) is 0. The van der Waals surface area contributed by atoms with Crippen LogP contribution in [0.2, 0.25) is 0 Å². The summed E-state index contributed by atoms with van der Waals surface area (Å²) in [5.41, 5.74) is 4.44. The maximum atomic E-state index is 12.5. The maximum absolute atomic E-state index is 12.5. The average molecular weight is 203 g/mol. The Balaban J connectivity index is 2.74. The molecule has 0 spiro atoms. The van der Waals surface area contributed by atoms with E-state index in [1.807, 2.05) is 0 Å². The number of halogens is 3. The highest BCUT2D eigenvalue weighted by Crippen LogP contribution is 2.18. The van der Waals surface area contributed by atoms with Crippen molar-refractivity contribution in [3.63, 3.8) is 0 Å². The zero-order valence-electron chi connectivity index (χ0n) is 7.81. The predicted octanol–water partition coefficient (Wildman–Crippen LogP) is 2.35. The quantitative estimate of drug-likeness (QED) is 0.801. The second-order valence-corrected chi connectivity index (χ2v) is 3.61. The van der Waals surface area contributed by atoms with E-state index in [1.54, 1.807) is 0 Å². The first kappa shape index (κ1) is 11.0. The Kier molecular flexibility index (Phi) is 3.16. The normalized spacial score (nSPS) is 15.6. The molecule has 1 aromatic rings. The standard InChI is InChI=1S/C10H12F3N/c1-10(14,9(12)13)6-7-2-4-8(11)5-3-7/h2-5,9H,6,14H2,1H3. The molecule has 0 heterocycles. The van der Waals surface area contributed by atoms with Crippen LogP contribution in [0.25, 0.3) is 0 Å². The molecule has 0 saturated carbocycles. The van der Waals surface area contributed by atoms with Crippen LogP contribution in [0.1, 0.15) is 12.5 Å². The largest absolute Gasteiger partial charge is 0.320 e. The first-order valence-corrected chi connectivity index (χ1v) is 4.23. The minimum absolute atomic E-state index is 0.0327. The summed E-state index contributed by atoms with van der Waals surface area (Å²) in [5.74, 6) is -0.385. The Morgan fingerprint density at radius 2 is 1.79 bits per heavy atom. The lowest BCUT2D eigenvalue weighted by molar-refractivity contribution is 0.0639. The van der Waals surface area contributed by atoms with Crippen LogP contribution in [0.5, 0.6) is 0 Å². The predicted molar refractivity (Wildman–Crippen MR) is 48.7 cm³/mol. The van der Waals surface area contributed by atoms with E-state index in [0.717, 1.165) is 0 Å². The third-order valence-electron chi connectivity index (χ3n) is 2.00. The van der Waals surface area contributed by atoms with Gasteiger partial charge in [-0.3, -0.25) is 0 Å². The Morgan fingerprint density at radius 3 is 2.21 bits per heavy atom. The molecule has 0 aromatic heterocycles. The first-order chi connectivity index (χ1) is 6.42. The van der Waals surface area contributed by atoms with Gasteiger partial charge >= 0.3 is 0 Å². The topological polar surface area (TPSA) is 26.0 Å². The Morgan fingerprint density at radius 1 is 1.29 bits per heavy atom. The van der Waals surface area contributed by atoms with Gasteiger partial charge in [0, 0.05) is 0 Å². The molecule has 1 rings (SSSR count). The SMILES string of the molecule is CC(N)(Cc1ccc(F)cc1)C(F)F. The third-order valence-corrected chi connectivity index (χ3v) is 2.00. The molecule has 0 radical (unpaired) electrons. The van der Waals surface area contributed by atoms with Gasteiger partial charge in [-0.05, 0) is 31.0 Å². The summed E-state index contributed by atoms with van der Waals surface area (Å²) in [5, 5.41) is 0. The second-order valence-electron chi connectivity index (χ2n) is 3.61. The number of alkyl halides is 2. The highest BCUT2D eigenvalue weighted by molar-refractivity contribution is 5.18. The summed E-state index contributed by atoms with van der Waals surface area (Å²) in [6, 6.07) is 5.39. The van der Waals surface area contributed by atoms with Crippen LogP contribution in [-0.4, -0.2) is 12.0 Å².